The molecule has 0 radical (unpaired) electrons. The molecule has 0 heterocycles. The summed E-state index contributed by atoms with van der Waals surface area (Å²) in [5.74, 6) is 0.131. The Kier molecular flexibility index (Phi) is 8.21. The zero-order valence-corrected chi connectivity index (χ0v) is 17.6. The molecule has 6 nitrogen and oxygen atoms in total. The van der Waals surface area contributed by atoms with Crippen molar-refractivity contribution >= 4 is 17.5 Å². The summed E-state index contributed by atoms with van der Waals surface area (Å²) in [4.78, 5) is 24.3. The van der Waals surface area contributed by atoms with Gasteiger partial charge in [-0.2, -0.15) is 0 Å². The maximum atomic E-state index is 12.2. The van der Waals surface area contributed by atoms with Crippen molar-refractivity contribution in [3.63, 3.8) is 0 Å². The smallest absolute Gasteiger partial charge is 0.262 e. The SMILES string of the molecule is CCC(C)(C)c1ccc(OCC(=O)Nc2cccc(C(=O)NCCOC)c2)cc1. The van der Waals surface area contributed by atoms with Crippen LogP contribution in [0.25, 0.3) is 0 Å². The average Bonchev–Trinajstić information content (AvgIpc) is 2.73. The van der Waals surface area contributed by atoms with E-state index in [1.54, 1.807) is 31.4 Å². The molecular weight excluding hydrogens is 368 g/mol. The largest absolute Gasteiger partial charge is 0.484 e. The van der Waals surface area contributed by atoms with Crippen molar-refractivity contribution in [3.8, 4) is 5.75 Å². The minimum atomic E-state index is -0.292. The molecule has 0 aromatic heterocycles. The number of rotatable bonds is 10. The van der Waals surface area contributed by atoms with E-state index in [0.717, 1.165) is 6.42 Å². The van der Waals surface area contributed by atoms with E-state index in [1.807, 2.05) is 24.3 Å². The van der Waals surface area contributed by atoms with Crippen LogP contribution >= 0.6 is 0 Å². The molecule has 0 aliphatic carbocycles. The highest BCUT2D eigenvalue weighted by molar-refractivity contribution is 5.97. The number of methoxy groups -OCH3 is 1. The molecule has 2 N–H and O–H groups in total. The van der Waals surface area contributed by atoms with Gasteiger partial charge in [0.2, 0.25) is 0 Å². The predicted octanol–water partition coefficient (Wildman–Crippen LogP) is 3.77. The Morgan fingerprint density at radius 2 is 1.79 bits per heavy atom. The van der Waals surface area contributed by atoms with E-state index >= 15 is 0 Å². The highest BCUT2D eigenvalue weighted by Crippen LogP contribution is 2.28. The maximum absolute atomic E-state index is 12.2. The summed E-state index contributed by atoms with van der Waals surface area (Å²) >= 11 is 0. The van der Waals surface area contributed by atoms with Gasteiger partial charge in [-0.3, -0.25) is 9.59 Å². The van der Waals surface area contributed by atoms with Crippen LogP contribution in [0.4, 0.5) is 5.69 Å². The number of amides is 2. The molecule has 0 atom stereocenters. The molecule has 0 spiro atoms. The number of carbonyl (C=O) groups is 2. The van der Waals surface area contributed by atoms with Gasteiger partial charge in [-0.25, -0.2) is 0 Å². The summed E-state index contributed by atoms with van der Waals surface area (Å²) in [6.07, 6.45) is 1.04. The number of anilines is 1. The lowest BCUT2D eigenvalue weighted by Gasteiger charge is -2.23. The van der Waals surface area contributed by atoms with Crippen LogP contribution in [0, 0.1) is 0 Å². The number of ether oxygens (including phenoxy) is 2. The van der Waals surface area contributed by atoms with Gasteiger partial charge in [-0.05, 0) is 47.7 Å². The van der Waals surface area contributed by atoms with E-state index in [0.29, 0.717) is 30.2 Å². The molecule has 0 aliphatic rings. The van der Waals surface area contributed by atoms with Crippen molar-refractivity contribution in [3.05, 3.63) is 59.7 Å². The van der Waals surface area contributed by atoms with E-state index in [9.17, 15) is 9.59 Å². The van der Waals surface area contributed by atoms with Crippen LogP contribution in [-0.4, -0.2) is 38.7 Å². The van der Waals surface area contributed by atoms with Crippen molar-refractivity contribution in [2.75, 3.05) is 32.2 Å². The van der Waals surface area contributed by atoms with Crippen molar-refractivity contribution in [2.45, 2.75) is 32.6 Å². The van der Waals surface area contributed by atoms with Crippen molar-refractivity contribution in [2.24, 2.45) is 0 Å². The molecule has 0 aliphatic heterocycles. The van der Waals surface area contributed by atoms with Gasteiger partial charge in [-0.15, -0.1) is 0 Å². The lowest BCUT2D eigenvalue weighted by Crippen LogP contribution is -2.27. The van der Waals surface area contributed by atoms with E-state index in [2.05, 4.69) is 31.4 Å². The Bertz CT molecular complexity index is 816. The van der Waals surface area contributed by atoms with E-state index in [-0.39, 0.29) is 23.8 Å². The third-order valence-corrected chi connectivity index (χ3v) is 4.89. The summed E-state index contributed by atoms with van der Waals surface area (Å²) < 4.78 is 10.5. The van der Waals surface area contributed by atoms with Gasteiger partial charge in [-0.1, -0.05) is 39.0 Å². The number of carbonyl (C=O) groups excluding carboxylic acids is 2. The second kappa shape index (κ2) is 10.6. The molecule has 0 saturated carbocycles. The molecule has 0 saturated heterocycles. The van der Waals surface area contributed by atoms with Gasteiger partial charge in [0.1, 0.15) is 5.75 Å². The standard InChI is InChI=1S/C23H30N2O4/c1-5-23(2,3)18-9-11-20(12-10-18)29-16-21(26)25-19-8-6-7-17(15-19)22(27)24-13-14-28-4/h6-12,15H,5,13-14,16H2,1-4H3,(H,24,27)(H,25,26). The second-order valence-corrected chi connectivity index (χ2v) is 7.43. The quantitative estimate of drug-likeness (QED) is 0.598. The third-order valence-electron chi connectivity index (χ3n) is 4.89. The van der Waals surface area contributed by atoms with Crippen LogP contribution in [0.5, 0.6) is 5.75 Å². The number of nitrogens with one attached hydrogen (secondary N) is 2. The molecular formula is C23H30N2O4. The van der Waals surface area contributed by atoms with Crippen molar-refractivity contribution < 1.29 is 19.1 Å². The highest BCUT2D eigenvalue weighted by atomic mass is 16.5. The molecule has 2 amide bonds. The Labute approximate surface area is 172 Å². The molecule has 2 rings (SSSR count). The molecule has 29 heavy (non-hydrogen) atoms. The zero-order chi connectivity index (χ0) is 21.3. The fourth-order valence-corrected chi connectivity index (χ4v) is 2.66. The summed E-state index contributed by atoms with van der Waals surface area (Å²) in [7, 11) is 1.57. The number of benzene rings is 2. The van der Waals surface area contributed by atoms with Crippen molar-refractivity contribution in [1.29, 1.82) is 0 Å². The first-order chi connectivity index (χ1) is 13.9. The third kappa shape index (κ3) is 6.91. The molecule has 2 aromatic carbocycles. The van der Waals surface area contributed by atoms with Gasteiger partial charge in [0.05, 0.1) is 6.61 Å². The predicted molar refractivity (Wildman–Crippen MR) is 115 cm³/mol. The minimum absolute atomic E-state index is 0.108. The van der Waals surface area contributed by atoms with E-state index < -0.39 is 0 Å². The second-order valence-electron chi connectivity index (χ2n) is 7.43. The minimum Gasteiger partial charge on any atom is -0.484 e. The molecule has 2 aromatic rings. The van der Waals surface area contributed by atoms with Gasteiger partial charge >= 0.3 is 0 Å². The Morgan fingerprint density at radius 3 is 2.45 bits per heavy atom. The van der Waals surface area contributed by atoms with Crippen LogP contribution in [0.3, 0.4) is 0 Å². The van der Waals surface area contributed by atoms with Gasteiger partial charge in [0.25, 0.3) is 11.8 Å². The fraction of sp³-hybridized carbons (Fsp3) is 0.391. The summed E-state index contributed by atoms with van der Waals surface area (Å²) in [6, 6.07) is 14.6. The first-order valence-corrected chi connectivity index (χ1v) is 9.76. The van der Waals surface area contributed by atoms with Gasteiger partial charge in [0, 0.05) is 24.9 Å². The summed E-state index contributed by atoms with van der Waals surface area (Å²) in [5, 5.41) is 5.50. The Hall–Kier alpha value is -2.86. The van der Waals surface area contributed by atoms with Crippen LogP contribution < -0.4 is 15.4 Å². The monoisotopic (exact) mass is 398 g/mol. The van der Waals surface area contributed by atoms with Gasteiger partial charge < -0.3 is 20.1 Å². The van der Waals surface area contributed by atoms with Crippen LogP contribution in [0.15, 0.2) is 48.5 Å². The number of hydrogen-bond acceptors (Lipinski definition) is 4. The Morgan fingerprint density at radius 1 is 1.07 bits per heavy atom. The molecule has 0 fully saturated rings. The topological polar surface area (TPSA) is 76.7 Å². The lowest BCUT2D eigenvalue weighted by molar-refractivity contribution is -0.118. The van der Waals surface area contributed by atoms with Crippen LogP contribution in [-0.2, 0) is 14.9 Å². The number of hydrogen-bond donors (Lipinski definition) is 2. The normalized spacial score (nSPS) is 11.0. The lowest BCUT2D eigenvalue weighted by atomic mass is 9.82. The molecule has 156 valence electrons. The van der Waals surface area contributed by atoms with E-state index in [4.69, 9.17) is 9.47 Å². The summed E-state index contributed by atoms with van der Waals surface area (Å²) in [6.45, 7) is 7.31. The molecule has 0 unspecified atom stereocenters. The molecule has 0 bridgehead atoms. The fourth-order valence-electron chi connectivity index (χ4n) is 2.66. The van der Waals surface area contributed by atoms with Crippen LogP contribution in [0.1, 0.15) is 43.1 Å². The summed E-state index contributed by atoms with van der Waals surface area (Å²) in [5.41, 5.74) is 2.35. The van der Waals surface area contributed by atoms with E-state index in [1.165, 1.54) is 5.56 Å². The first-order valence-electron chi connectivity index (χ1n) is 9.76. The van der Waals surface area contributed by atoms with Crippen molar-refractivity contribution in [1.82, 2.24) is 5.32 Å². The first kappa shape index (κ1) is 22.4. The average molecular weight is 399 g/mol. The maximum Gasteiger partial charge on any atom is 0.262 e. The molecule has 6 heteroatoms. The zero-order valence-electron chi connectivity index (χ0n) is 17.6. The van der Waals surface area contributed by atoms with Gasteiger partial charge in [0.15, 0.2) is 6.61 Å². The highest BCUT2D eigenvalue weighted by Gasteiger charge is 2.17. The Balaban J connectivity index is 1.88. The van der Waals surface area contributed by atoms with Crippen LogP contribution in [0.2, 0.25) is 0 Å².